The van der Waals surface area contributed by atoms with Gasteiger partial charge in [-0.05, 0) is 37.5 Å². The van der Waals surface area contributed by atoms with E-state index in [1.807, 2.05) is 12.1 Å². The van der Waals surface area contributed by atoms with Gasteiger partial charge < -0.3 is 0 Å². The van der Waals surface area contributed by atoms with Gasteiger partial charge >= 0.3 is 0 Å². The molecular weight excluding hydrogens is 256 g/mol. The number of rotatable bonds is 4. The van der Waals surface area contributed by atoms with E-state index in [2.05, 4.69) is 31.8 Å². The van der Waals surface area contributed by atoms with Crippen LogP contribution in [-0.4, -0.2) is 23.4 Å². The van der Waals surface area contributed by atoms with Gasteiger partial charge in [0, 0.05) is 6.54 Å². The van der Waals surface area contributed by atoms with Crippen LogP contribution >= 0.6 is 11.8 Å². The van der Waals surface area contributed by atoms with Gasteiger partial charge in [-0.3, -0.25) is 14.7 Å². The Hall–Kier alpha value is -1.29. The van der Waals surface area contributed by atoms with E-state index in [0.29, 0.717) is 5.75 Å². The van der Waals surface area contributed by atoms with Crippen molar-refractivity contribution >= 4 is 28.5 Å². The van der Waals surface area contributed by atoms with Crippen molar-refractivity contribution in [1.82, 2.24) is 0 Å². The molecule has 1 saturated heterocycles. The Bertz CT molecular complexity index is 511. The van der Waals surface area contributed by atoms with E-state index in [1.54, 1.807) is 16.7 Å². The number of benzene rings is 1. The topological polar surface area (TPSA) is 32.7 Å². The average molecular weight is 276 g/mol. The lowest BCUT2D eigenvalue weighted by Crippen LogP contribution is -2.30. The minimum atomic E-state index is 0.133. The van der Waals surface area contributed by atoms with E-state index >= 15 is 0 Å². The van der Waals surface area contributed by atoms with Crippen molar-refractivity contribution in [2.75, 3.05) is 17.2 Å². The fourth-order valence-electron chi connectivity index (χ4n) is 2.03. The van der Waals surface area contributed by atoms with Gasteiger partial charge in [0.25, 0.3) is 0 Å². The second-order valence-corrected chi connectivity index (χ2v) is 5.70. The number of hydrogen-bond donors (Lipinski definition) is 0. The van der Waals surface area contributed by atoms with E-state index in [-0.39, 0.29) is 5.91 Å². The number of unbranched alkanes of at least 4 members (excludes halogenated alkanes) is 1. The molecule has 19 heavy (non-hydrogen) atoms. The number of carbonyl (C=O) groups is 1. The lowest BCUT2D eigenvalue weighted by Gasteiger charge is -2.19. The van der Waals surface area contributed by atoms with Crippen molar-refractivity contribution in [1.29, 1.82) is 0 Å². The molecule has 1 aliphatic rings. The number of carbonyl (C=O) groups excluding carboxylic acids is 1. The number of thioether (sulfide) groups is 1. The molecule has 4 heteroatoms. The third-order valence-electron chi connectivity index (χ3n) is 3.34. The molecule has 0 aliphatic carbocycles. The minimum absolute atomic E-state index is 0.133. The molecule has 0 unspecified atom stereocenters. The van der Waals surface area contributed by atoms with Gasteiger partial charge in [0.05, 0.1) is 11.4 Å². The largest absolute Gasteiger partial charge is 0.273 e. The molecule has 1 aromatic rings. The summed E-state index contributed by atoms with van der Waals surface area (Å²) >= 11 is 1.54. The number of aliphatic imine (C=N–C) groups is 1. The molecule has 0 radical (unpaired) electrons. The fourth-order valence-corrected chi connectivity index (χ4v) is 2.92. The van der Waals surface area contributed by atoms with Crippen LogP contribution in [0.5, 0.6) is 0 Å². The van der Waals surface area contributed by atoms with Gasteiger partial charge in [-0.25, -0.2) is 0 Å². The first kappa shape index (κ1) is 14.1. The van der Waals surface area contributed by atoms with Crippen LogP contribution in [0.4, 0.5) is 5.69 Å². The summed E-state index contributed by atoms with van der Waals surface area (Å²) in [5, 5.41) is 0.854. The molecule has 102 valence electrons. The highest BCUT2D eigenvalue weighted by atomic mass is 32.2. The molecule has 1 aromatic carbocycles. The smallest absolute Gasteiger partial charge is 0.243 e. The van der Waals surface area contributed by atoms with E-state index in [4.69, 9.17) is 0 Å². The molecule has 1 aliphatic heterocycles. The molecule has 1 heterocycles. The number of aryl methyl sites for hydroxylation is 1. The van der Waals surface area contributed by atoms with Crippen molar-refractivity contribution in [3.05, 3.63) is 29.3 Å². The van der Waals surface area contributed by atoms with E-state index in [0.717, 1.165) is 35.8 Å². The van der Waals surface area contributed by atoms with Crippen LogP contribution in [0.1, 0.15) is 30.9 Å². The Morgan fingerprint density at radius 1 is 1.37 bits per heavy atom. The third kappa shape index (κ3) is 3.00. The third-order valence-corrected chi connectivity index (χ3v) is 4.30. The van der Waals surface area contributed by atoms with Crippen molar-refractivity contribution in [2.45, 2.75) is 33.6 Å². The number of amides is 1. The number of nitrogens with zero attached hydrogens (tertiary/aromatic N) is 2. The van der Waals surface area contributed by atoms with Gasteiger partial charge in [0.15, 0.2) is 5.17 Å². The SMILES string of the molecule is CCCC/N=C1\SCC(=O)N1c1cccc(C)c1C. The Morgan fingerprint density at radius 2 is 2.16 bits per heavy atom. The zero-order chi connectivity index (χ0) is 13.8. The van der Waals surface area contributed by atoms with Gasteiger partial charge in [0.1, 0.15) is 0 Å². The predicted molar refractivity (Wildman–Crippen MR) is 83.1 cm³/mol. The van der Waals surface area contributed by atoms with Crippen molar-refractivity contribution in [2.24, 2.45) is 4.99 Å². The zero-order valence-electron chi connectivity index (χ0n) is 11.8. The maximum atomic E-state index is 12.1. The highest BCUT2D eigenvalue weighted by Crippen LogP contribution is 2.30. The molecule has 3 nitrogen and oxygen atoms in total. The summed E-state index contributed by atoms with van der Waals surface area (Å²) < 4.78 is 0. The monoisotopic (exact) mass is 276 g/mol. The molecular formula is C15H20N2OS. The Morgan fingerprint density at radius 3 is 2.89 bits per heavy atom. The quantitative estimate of drug-likeness (QED) is 0.788. The fraction of sp³-hybridized carbons (Fsp3) is 0.467. The summed E-state index contributed by atoms with van der Waals surface area (Å²) in [6.45, 7) is 7.08. The predicted octanol–water partition coefficient (Wildman–Crippen LogP) is 3.54. The van der Waals surface area contributed by atoms with E-state index in [9.17, 15) is 4.79 Å². The Labute approximate surface area is 119 Å². The summed E-state index contributed by atoms with van der Waals surface area (Å²) in [6, 6.07) is 6.07. The summed E-state index contributed by atoms with van der Waals surface area (Å²) in [6.07, 6.45) is 2.19. The summed E-state index contributed by atoms with van der Waals surface area (Å²) in [5.74, 6) is 0.632. The normalized spacial score (nSPS) is 17.5. The van der Waals surface area contributed by atoms with Crippen molar-refractivity contribution in [3.8, 4) is 0 Å². The first-order chi connectivity index (χ1) is 9.15. The average Bonchev–Trinajstić information content (AvgIpc) is 2.75. The number of hydrogen-bond acceptors (Lipinski definition) is 3. The number of anilines is 1. The first-order valence-electron chi connectivity index (χ1n) is 6.71. The van der Waals surface area contributed by atoms with Crippen LogP contribution in [0.3, 0.4) is 0 Å². The summed E-state index contributed by atoms with van der Waals surface area (Å²) in [7, 11) is 0. The van der Waals surface area contributed by atoms with Gasteiger partial charge in [0.2, 0.25) is 5.91 Å². The second-order valence-electron chi connectivity index (χ2n) is 4.75. The van der Waals surface area contributed by atoms with Crippen molar-refractivity contribution in [3.63, 3.8) is 0 Å². The van der Waals surface area contributed by atoms with E-state index < -0.39 is 0 Å². The number of amidine groups is 1. The lowest BCUT2D eigenvalue weighted by molar-refractivity contribution is -0.115. The lowest BCUT2D eigenvalue weighted by atomic mass is 10.1. The standard InChI is InChI=1S/C15H20N2OS/c1-4-5-9-16-15-17(14(18)10-19-15)13-8-6-7-11(2)12(13)3/h6-8H,4-5,9-10H2,1-3H3/b16-15-. The molecule has 0 N–H and O–H groups in total. The summed E-state index contributed by atoms with van der Waals surface area (Å²) in [5.41, 5.74) is 3.34. The van der Waals surface area contributed by atoms with Crippen LogP contribution in [0.15, 0.2) is 23.2 Å². The zero-order valence-corrected chi connectivity index (χ0v) is 12.6. The Balaban J connectivity index is 2.31. The maximum Gasteiger partial charge on any atom is 0.243 e. The molecule has 0 saturated carbocycles. The molecule has 0 aromatic heterocycles. The van der Waals surface area contributed by atoms with Crippen LogP contribution in [0.25, 0.3) is 0 Å². The van der Waals surface area contributed by atoms with Crippen LogP contribution < -0.4 is 4.90 Å². The van der Waals surface area contributed by atoms with Crippen LogP contribution in [0, 0.1) is 13.8 Å². The molecule has 1 amide bonds. The second kappa shape index (κ2) is 6.24. The Kier molecular flexibility index (Phi) is 4.64. The maximum absolute atomic E-state index is 12.1. The van der Waals surface area contributed by atoms with Gasteiger partial charge in [-0.2, -0.15) is 0 Å². The first-order valence-corrected chi connectivity index (χ1v) is 7.70. The van der Waals surface area contributed by atoms with E-state index in [1.165, 1.54) is 5.56 Å². The molecule has 0 atom stereocenters. The molecule has 0 spiro atoms. The molecule has 2 rings (SSSR count). The molecule has 0 bridgehead atoms. The van der Waals surface area contributed by atoms with Crippen LogP contribution in [-0.2, 0) is 4.79 Å². The highest BCUT2D eigenvalue weighted by Gasteiger charge is 2.30. The summed E-state index contributed by atoms with van der Waals surface area (Å²) in [4.78, 5) is 18.5. The van der Waals surface area contributed by atoms with Crippen LogP contribution in [0.2, 0.25) is 0 Å². The van der Waals surface area contributed by atoms with Crippen molar-refractivity contribution < 1.29 is 4.79 Å². The van der Waals surface area contributed by atoms with Gasteiger partial charge in [-0.15, -0.1) is 0 Å². The molecule has 1 fully saturated rings. The van der Waals surface area contributed by atoms with Gasteiger partial charge in [-0.1, -0.05) is 37.2 Å². The minimum Gasteiger partial charge on any atom is -0.273 e. The highest BCUT2D eigenvalue weighted by molar-refractivity contribution is 8.15.